The quantitative estimate of drug-likeness (QED) is 0.790. The fourth-order valence-electron chi connectivity index (χ4n) is 3.14. The second-order valence-corrected chi connectivity index (χ2v) is 6.31. The average Bonchev–Trinajstić information content (AvgIpc) is 2.66. The van der Waals surface area contributed by atoms with Crippen molar-refractivity contribution in [3.63, 3.8) is 0 Å². The second-order valence-electron chi connectivity index (χ2n) is 5.90. The smallest absolute Gasteiger partial charge is 0.255 e. The van der Waals surface area contributed by atoms with E-state index in [-0.39, 0.29) is 30.4 Å². The van der Waals surface area contributed by atoms with Gasteiger partial charge in [0.2, 0.25) is 5.91 Å². The fraction of sp³-hybridized carbons (Fsp3) is 0.500. The van der Waals surface area contributed by atoms with Crippen LogP contribution in [-0.2, 0) is 9.53 Å². The highest BCUT2D eigenvalue weighted by Crippen LogP contribution is 2.26. The summed E-state index contributed by atoms with van der Waals surface area (Å²) in [6.07, 6.45) is 0.798. The molecule has 0 saturated carbocycles. The largest absolute Gasteiger partial charge is 0.368 e. The molecule has 0 unspecified atom stereocenters. The van der Waals surface area contributed by atoms with Crippen molar-refractivity contribution in [3.8, 4) is 0 Å². The van der Waals surface area contributed by atoms with Crippen molar-refractivity contribution in [2.75, 3.05) is 33.3 Å². The molecule has 0 radical (unpaired) electrons. The highest BCUT2D eigenvalue weighted by atomic mass is 35.5. The number of amides is 2. The summed E-state index contributed by atoms with van der Waals surface area (Å²) in [5, 5.41) is 0.471. The number of fused-ring (bicyclic) bond motifs is 1. The summed E-state index contributed by atoms with van der Waals surface area (Å²) in [6, 6.07) is 7.09. The first kappa shape index (κ1) is 15.3. The molecule has 118 valence electrons. The highest BCUT2D eigenvalue weighted by Gasteiger charge is 2.36. The molecule has 3 rings (SSSR count). The Hall–Kier alpha value is -1.59. The maximum Gasteiger partial charge on any atom is 0.255 e. The Kier molecular flexibility index (Phi) is 4.36. The van der Waals surface area contributed by atoms with Crippen molar-refractivity contribution in [3.05, 3.63) is 34.9 Å². The summed E-state index contributed by atoms with van der Waals surface area (Å²) >= 11 is 6.12. The maximum atomic E-state index is 12.6. The van der Waals surface area contributed by atoms with E-state index < -0.39 is 0 Å². The third kappa shape index (κ3) is 2.96. The van der Waals surface area contributed by atoms with Gasteiger partial charge in [0.1, 0.15) is 6.61 Å². The minimum Gasteiger partial charge on any atom is -0.368 e. The molecule has 0 N–H and O–H groups in total. The predicted molar refractivity (Wildman–Crippen MR) is 82.8 cm³/mol. The van der Waals surface area contributed by atoms with Crippen LogP contribution in [0.1, 0.15) is 16.8 Å². The van der Waals surface area contributed by atoms with E-state index in [0.29, 0.717) is 30.2 Å². The van der Waals surface area contributed by atoms with Crippen molar-refractivity contribution in [2.45, 2.75) is 12.5 Å². The van der Waals surface area contributed by atoms with E-state index in [9.17, 15) is 9.59 Å². The number of benzene rings is 1. The Morgan fingerprint density at radius 3 is 2.86 bits per heavy atom. The molecule has 2 saturated heterocycles. The summed E-state index contributed by atoms with van der Waals surface area (Å²) < 4.78 is 5.69. The molecule has 0 aromatic heterocycles. The monoisotopic (exact) mass is 322 g/mol. The molecule has 0 bridgehead atoms. The number of carbonyl (C=O) groups is 2. The average molecular weight is 323 g/mol. The number of rotatable bonds is 1. The van der Waals surface area contributed by atoms with Gasteiger partial charge in [-0.15, -0.1) is 0 Å². The lowest BCUT2D eigenvalue weighted by molar-refractivity contribution is -0.133. The third-order valence-corrected chi connectivity index (χ3v) is 4.74. The molecule has 2 aliphatic rings. The highest BCUT2D eigenvalue weighted by molar-refractivity contribution is 6.33. The van der Waals surface area contributed by atoms with E-state index in [2.05, 4.69) is 0 Å². The molecule has 2 atom stereocenters. The van der Waals surface area contributed by atoms with Crippen LogP contribution in [0.15, 0.2) is 24.3 Å². The lowest BCUT2D eigenvalue weighted by Gasteiger charge is -2.37. The predicted octanol–water partition coefficient (Wildman–Crippen LogP) is 1.66. The van der Waals surface area contributed by atoms with Crippen LogP contribution >= 0.6 is 11.6 Å². The van der Waals surface area contributed by atoms with Gasteiger partial charge in [0.25, 0.3) is 5.91 Å². The van der Waals surface area contributed by atoms with Gasteiger partial charge in [0, 0.05) is 32.6 Å². The fourth-order valence-corrected chi connectivity index (χ4v) is 3.35. The molecular formula is C16H19ClN2O3. The molecule has 6 heteroatoms. The second kappa shape index (κ2) is 6.26. The molecule has 22 heavy (non-hydrogen) atoms. The van der Waals surface area contributed by atoms with Crippen LogP contribution in [0.3, 0.4) is 0 Å². The number of likely N-dealkylation sites (N-methyl/N-ethyl adjacent to an activating group) is 1. The molecule has 1 aromatic carbocycles. The van der Waals surface area contributed by atoms with E-state index in [0.717, 1.165) is 6.42 Å². The van der Waals surface area contributed by atoms with Gasteiger partial charge in [-0.25, -0.2) is 0 Å². The van der Waals surface area contributed by atoms with Gasteiger partial charge in [-0.1, -0.05) is 23.7 Å². The van der Waals surface area contributed by atoms with E-state index in [4.69, 9.17) is 16.3 Å². The van der Waals surface area contributed by atoms with Gasteiger partial charge >= 0.3 is 0 Å². The first-order chi connectivity index (χ1) is 10.6. The lowest BCUT2D eigenvalue weighted by Crippen LogP contribution is -2.48. The number of ether oxygens (including phenoxy) is 1. The third-order valence-electron chi connectivity index (χ3n) is 4.41. The summed E-state index contributed by atoms with van der Waals surface area (Å²) in [7, 11) is 1.78. The molecule has 2 aliphatic heterocycles. The SMILES string of the molecule is CN1C[C@H]2CN(C(=O)c3ccccc3Cl)CC[C@@H]2OCC1=O. The maximum absolute atomic E-state index is 12.6. The van der Waals surface area contributed by atoms with Crippen molar-refractivity contribution < 1.29 is 14.3 Å². The Balaban J connectivity index is 1.74. The standard InChI is InChI=1S/C16H19ClN2O3/c1-18-8-11-9-19(7-6-14(11)22-10-15(18)20)16(21)12-4-2-3-5-13(12)17/h2-5,11,14H,6-10H2,1H3/t11-,14-/m0/s1. The number of likely N-dealkylation sites (tertiary alicyclic amines) is 1. The molecule has 0 spiro atoms. The number of hydrogen-bond donors (Lipinski definition) is 0. The zero-order chi connectivity index (χ0) is 15.7. The van der Waals surface area contributed by atoms with E-state index in [1.807, 2.05) is 17.0 Å². The van der Waals surface area contributed by atoms with Crippen LogP contribution in [0, 0.1) is 5.92 Å². The summed E-state index contributed by atoms with van der Waals surface area (Å²) in [6.45, 7) is 1.97. The minimum absolute atomic E-state index is 0.00150. The van der Waals surface area contributed by atoms with Crippen LogP contribution in [-0.4, -0.2) is 61.0 Å². The Morgan fingerprint density at radius 2 is 2.09 bits per heavy atom. The van der Waals surface area contributed by atoms with Gasteiger partial charge in [0.15, 0.2) is 0 Å². The number of piperidine rings is 1. The number of halogens is 1. The van der Waals surface area contributed by atoms with Crippen LogP contribution in [0.25, 0.3) is 0 Å². The number of nitrogens with zero attached hydrogens (tertiary/aromatic N) is 2. The van der Waals surface area contributed by atoms with Crippen molar-refractivity contribution in [1.29, 1.82) is 0 Å². The first-order valence-electron chi connectivity index (χ1n) is 7.45. The van der Waals surface area contributed by atoms with Crippen LogP contribution in [0.2, 0.25) is 5.02 Å². The van der Waals surface area contributed by atoms with Crippen LogP contribution < -0.4 is 0 Å². The lowest BCUT2D eigenvalue weighted by atomic mass is 9.93. The zero-order valence-electron chi connectivity index (χ0n) is 12.5. The van der Waals surface area contributed by atoms with Crippen LogP contribution in [0.4, 0.5) is 0 Å². The van der Waals surface area contributed by atoms with Gasteiger partial charge in [-0.2, -0.15) is 0 Å². The Bertz CT molecular complexity index is 593. The van der Waals surface area contributed by atoms with Gasteiger partial charge in [0.05, 0.1) is 16.7 Å². The first-order valence-corrected chi connectivity index (χ1v) is 7.83. The molecule has 1 aromatic rings. The number of hydrogen-bond acceptors (Lipinski definition) is 3. The molecule has 5 nitrogen and oxygen atoms in total. The van der Waals surface area contributed by atoms with E-state index >= 15 is 0 Å². The summed E-state index contributed by atoms with van der Waals surface area (Å²) in [4.78, 5) is 27.9. The van der Waals surface area contributed by atoms with Crippen molar-refractivity contribution in [1.82, 2.24) is 9.80 Å². The zero-order valence-corrected chi connectivity index (χ0v) is 13.3. The molecular weight excluding hydrogens is 304 g/mol. The van der Waals surface area contributed by atoms with Crippen molar-refractivity contribution in [2.24, 2.45) is 5.92 Å². The molecule has 2 heterocycles. The minimum atomic E-state index is -0.0534. The van der Waals surface area contributed by atoms with E-state index in [1.165, 1.54) is 0 Å². The van der Waals surface area contributed by atoms with Gasteiger partial charge in [-0.05, 0) is 18.6 Å². The molecule has 2 amide bonds. The summed E-state index contributed by atoms with van der Waals surface area (Å²) in [5.41, 5.74) is 0.529. The molecule has 2 fully saturated rings. The topological polar surface area (TPSA) is 49.9 Å². The number of carbonyl (C=O) groups excluding carboxylic acids is 2. The molecule has 0 aliphatic carbocycles. The normalized spacial score (nSPS) is 25.6. The van der Waals surface area contributed by atoms with Gasteiger partial charge in [-0.3, -0.25) is 9.59 Å². The van der Waals surface area contributed by atoms with Gasteiger partial charge < -0.3 is 14.5 Å². The summed E-state index contributed by atoms with van der Waals surface area (Å²) in [5.74, 6) is 0.0947. The van der Waals surface area contributed by atoms with E-state index in [1.54, 1.807) is 24.1 Å². The Morgan fingerprint density at radius 1 is 1.32 bits per heavy atom. The van der Waals surface area contributed by atoms with Crippen LogP contribution in [0.5, 0.6) is 0 Å². The Labute approximate surface area is 134 Å². The van der Waals surface area contributed by atoms with Crippen molar-refractivity contribution >= 4 is 23.4 Å².